The number of hydrogen-bond acceptors (Lipinski definition) is 6. The van der Waals surface area contributed by atoms with Crippen LogP contribution in [0.5, 0.6) is 0 Å². The van der Waals surface area contributed by atoms with E-state index in [0.717, 1.165) is 25.0 Å². The Labute approximate surface area is 246 Å². The Hall–Kier alpha value is -4.18. The van der Waals surface area contributed by atoms with Crippen LogP contribution in [0.3, 0.4) is 0 Å². The van der Waals surface area contributed by atoms with Crippen molar-refractivity contribution in [3.63, 3.8) is 0 Å². The Bertz CT molecular complexity index is 1460. The van der Waals surface area contributed by atoms with Crippen LogP contribution in [0, 0.1) is 0 Å². The van der Waals surface area contributed by atoms with Gasteiger partial charge >= 0.3 is 12.2 Å². The summed E-state index contributed by atoms with van der Waals surface area (Å²) in [6.07, 6.45) is -2.17. The van der Waals surface area contributed by atoms with Crippen molar-refractivity contribution >= 4 is 39.5 Å². The second-order valence-corrected chi connectivity index (χ2v) is 11.9. The molecule has 0 radical (unpaired) electrons. The highest BCUT2D eigenvalue weighted by atomic mass is 32.2. The van der Waals surface area contributed by atoms with Crippen LogP contribution < -0.4 is 31.7 Å². The monoisotopic (exact) mass is 626 g/mol. The van der Waals surface area contributed by atoms with Crippen molar-refractivity contribution in [2.24, 2.45) is 5.14 Å². The number of anilines is 1. The molecule has 0 saturated heterocycles. The molecule has 1 aliphatic carbocycles. The number of primary sulfonamides is 1. The van der Waals surface area contributed by atoms with Crippen molar-refractivity contribution in [3.8, 4) is 0 Å². The molecule has 234 valence electrons. The van der Waals surface area contributed by atoms with Crippen LogP contribution in [0.15, 0.2) is 47.4 Å². The Morgan fingerprint density at radius 1 is 0.930 bits per heavy atom. The van der Waals surface area contributed by atoms with Crippen molar-refractivity contribution in [2.45, 2.75) is 68.7 Å². The van der Waals surface area contributed by atoms with Crippen LogP contribution >= 0.6 is 0 Å². The molecule has 0 aromatic heterocycles. The molecule has 1 saturated carbocycles. The maximum Gasteiger partial charge on any atom is 0.416 e. The fourth-order valence-corrected chi connectivity index (χ4v) is 4.99. The molecule has 0 aliphatic heterocycles. The van der Waals surface area contributed by atoms with E-state index in [0.29, 0.717) is 18.9 Å². The minimum Gasteiger partial charge on any atom is -0.350 e. The minimum atomic E-state index is -4.75. The van der Waals surface area contributed by atoms with E-state index in [2.05, 4.69) is 26.6 Å². The van der Waals surface area contributed by atoms with E-state index in [4.69, 9.17) is 5.14 Å². The molecule has 3 rings (SSSR count). The topological polar surface area (TPSA) is 189 Å². The highest BCUT2D eigenvalue weighted by molar-refractivity contribution is 7.89. The van der Waals surface area contributed by atoms with Gasteiger partial charge in [-0.2, -0.15) is 13.2 Å². The Kier molecular flexibility index (Phi) is 10.7. The number of alkyl halides is 3. The van der Waals surface area contributed by atoms with E-state index < -0.39 is 69.7 Å². The lowest BCUT2D eigenvalue weighted by Crippen LogP contribution is -2.54. The number of carbonyl (C=O) groups excluding carboxylic acids is 4. The standard InChI is InChI=1S/C27H33F3N6O6S/c1-15(2)33-26(40)36-20-12-9-17(27(28,29)30)13-19(20)25(39)32-14-23(37)34-21-5-3-4-6-22(21)35-24(38)16-7-10-18(11-8-16)43(31,41)42/h7-13,15,21-22H,3-6,14H2,1-2H3,(H,32,39)(H,34,37)(H,35,38)(H2,31,41,42)(H2,33,36,40). The maximum absolute atomic E-state index is 13.3. The molecule has 1 fully saturated rings. The fourth-order valence-electron chi connectivity index (χ4n) is 4.48. The second kappa shape index (κ2) is 13.9. The highest BCUT2D eigenvalue weighted by Crippen LogP contribution is 2.32. The molecule has 2 unspecified atom stereocenters. The third-order valence-corrected chi connectivity index (χ3v) is 7.47. The van der Waals surface area contributed by atoms with Gasteiger partial charge in [-0.1, -0.05) is 12.8 Å². The van der Waals surface area contributed by atoms with Gasteiger partial charge in [0.1, 0.15) is 0 Å². The molecule has 0 heterocycles. The van der Waals surface area contributed by atoms with Crippen LogP contribution in [-0.2, 0) is 21.0 Å². The van der Waals surface area contributed by atoms with Crippen molar-refractivity contribution in [1.29, 1.82) is 0 Å². The first-order valence-corrected chi connectivity index (χ1v) is 14.9. The first kappa shape index (κ1) is 33.3. The van der Waals surface area contributed by atoms with E-state index >= 15 is 0 Å². The number of nitrogens with one attached hydrogen (secondary N) is 5. The van der Waals surface area contributed by atoms with Crippen molar-refractivity contribution < 1.29 is 40.8 Å². The van der Waals surface area contributed by atoms with Crippen LogP contribution in [0.2, 0.25) is 0 Å². The molecule has 1 aliphatic rings. The lowest BCUT2D eigenvalue weighted by atomic mass is 9.90. The van der Waals surface area contributed by atoms with Gasteiger partial charge in [-0.3, -0.25) is 14.4 Å². The van der Waals surface area contributed by atoms with Crippen LogP contribution in [0.4, 0.5) is 23.7 Å². The van der Waals surface area contributed by atoms with Crippen LogP contribution in [0.1, 0.15) is 65.8 Å². The van der Waals surface area contributed by atoms with Gasteiger partial charge in [-0.15, -0.1) is 0 Å². The summed E-state index contributed by atoms with van der Waals surface area (Å²) < 4.78 is 62.8. The first-order valence-electron chi connectivity index (χ1n) is 13.3. The maximum atomic E-state index is 13.3. The van der Waals surface area contributed by atoms with Gasteiger partial charge in [0.05, 0.1) is 28.3 Å². The van der Waals surface area contributed by atoms with E-state index in [1.165, 1.54) is 24.3 Å². The summed E-state index contributed by atoms with van der Waals surface area (Å²) >= 11 is 0. The molecular formula is C27H33F3N6O6S. The number of hydrogen-bond donors (Lipinski definition) is 6. The number of halogens is 3. The average molecular weight is 627 g/mol. The van der Waals surface area contributed by atoms with Crippen LogP contribution in [0.25, 0.3) is 0 Å². The molecule has 2 atom stereocenters. The zero-order valence-corrected chi connectivity index (χ0v) is 24.2. The molecular weight excluding hydrogens is 593 g/mol. The van der Waals surface area contributed by atoms with Gasteiger partial charge in [0.2, 0.25) is 15.9 Å². The SMILES string of the molecule is CC(C)NC(=O)Nc1ccc(C(F)(F)F)cc1C(=O)NCC(=O)NC1CCCCC1NC(=O)c1ccc(S(N)(=O)=O)cc1. The first-order chi connectivity index (χ1) is 20.0. The Balaban J connectivity index is 1.65. The summed E-state index contributed by atoms with van der Waals surface area (Å²) in [5.41, 5.74) is -1.60. The molecule has 2 aromatic carbocycles. The van der Waals surface area contributed by atoms with Gasteiger partial charge < -0.3 is 26.6 Å². The molecule has 16 heteroatoms. The lowest BCUT2D eigenvalue weighted by molar-refractivity contribution is -0.137. The number of benzene rings is 2. The minimum absolute atomic E-state index is 0.152. The molecule has 12 nitrogen and oxygen atoms in total. The third kappa shape index (κ3) is 9.68. The van der Waals surface area contributed by atoms with Crippen molar-refractivity contribution in [3.05, 3.63) is 59.2 Å². The normalized spacial score (nSPS) is 17.1. The second-order valence-electron chi connectivity index (χ2n) is 10.3. The number of rotatable bonds is 9. The summed E-state index contributed by atoms with van der Waals surface area (Å²) in [4.78, 5) is 50.3. The van der Waals surface area contributed by atoms with Gasteiger partial charge in [0.15, 0.2) is 0 Å². The summed E-state index contributed by atoms with van der Waals surface area (Å²) in [6, 6.07) is 5.30. The van der Waals surface area contributed by atoms with Crippen LogP contribution in [-0.4, -0.2) is 56.8 Å². The zero-order valence-electron chi connectivity index (χ0n) is 23.4. The summed E-state index contributed by atoms with van der Waals surface area (Å²) in [5.74, 6) is -2.15. The molecule has 0 bridgehead atoms. The number of sulfonamides is 1. The number of nitrogens with two attached hydrogens (primary N) is 1. The van der Waals surface area contributed by atoms with Crippen molar-refractivity contribution in [2.75, 3.05) is 11.9 Å². The van der Waals surface area contributed by atoms with Gasteiger partial charge in [0, 0.05) is 23.7 Å². The quantitative estimate of drug-likeness (QED) is 0.248. The predicted molar refractivity (Wildman–Crippen MR) is 151 cm³/mol. The van der Waals surface area contributed by atoms with E-state index in [1.807, 2.05) is 0 Å². The Morgan fingerprint density at radius 2 is 1.53 bits per heavy atom. The molecule has 43 heavy (non-hydrogen) atoms. The van der Waals surface area contributed by atoms with Gasteiger partial charge in [-0.05, 0) is 69.2 Å². The molecule has 5 amide bonds. The third-order valence-electron chi connectivity index (χ3n) is 6.54. The Morgan fingerprint density at radius 3 is 2.09 bits per heavy atom. The van der Waals surface area contributed by atoms with E-state index in [9.17, 15) is 40.8 Å². The fraction of sp³-hybridized carbons (Fsp3) is 0.407. The molecule has 7 N–H and O–H groups in total. The van der Waals surface area contributed by atoms with E-state index in [1.54, 1.807) is 13.8 Å². The van der Waals surface area contributed by atoms with Crippen molar-refractivity contribution in [1.82, 2.24) is 21.3 Å². The van der Waals surface area contributed by atoms with Gasteiger partial charge in [-0.25, -0.2) is 18.4 Å². The summed E-state index contributed by atoms with van der Waals surface area (Å²) in [5, 5.41) is 17.8. The average Bonchev–Trinajstić information content (AvgIpc) is 2.91. The molecule has 2 aromatic rings. The smallest absolute Gasteiger partial charge is 0.350 e. The number of urea groups is 1. The van der Waals surface area contributed by atoms with E-state index in [-0.39, 0.29) is 22.2 Å². The summed E-state index contributed by atoms with van der Waals surface area (Å²) in [6.45, 7) is 2.77. The van der Waals surface area contributed by atoms with Gasteiger partial charge in [0.25, 0.3) is 11.8 Å². The molecule has 0 spiro atoms. The zero-order chi connectivity index (χ0) is 31.9. The largest absolute Gasteiger partial charge is 0.416 e. The number of amides is 5. The number of carbonyl (C=O) groups is 4. The summed E-state index contributed by atoms with van der Waals surface area (Å²) in [7, 11) is -3.93. The lowest BCUT2D eigenvalue weighted by Gasteiger charge is -2.33. The highest BCUT2D eigenvalue weighted by Gasteiger charge is 2.32. The predicted octanol–water partition coefficient (Wildman–Crippen LogP) is 2.47.